The molecule has 3 aromatic heterocycles. The topological polar surface area (TPSA) is 81.7 Å². The summed E-state index contributed by atoms with van der Waals surface area (Å²) in [7, 11) is 0. The van der Waals surface area contributed by atoms with Gasteiger partial charge in [-0.15, -0.1) is 12.4 Å². The van der Waals surface area contributed by atoms with E-state index in [2.05, 4.69) is 25.5 Å². The molecule has 1 aliphatic rings. The zero-order valence-corrected chi connectivity index (χ0v) is 15.4. The van der Waals surface area contributed by atoms with E-state index in [0.717, 1.165) is 36.7 Å². The monoisotopic (exact) mass is 382 g/mol. The highest BCUT2D eigenvalue weighted by Gasteiger charge is 2.19. The Hall–Kier alpha value is -2.77. The summed E-state index contributed by atoms with van der Waals surface area (Å²) in [5, 5.41) is 14.3. The molecule has 4 aromatic rings. The van der Waals surface area contributed by atoms with Gasteiger partial charge in [-0.2, -0.15) is 10.1 Å². The molecule has 0 bridgehead atoms. The minimum Gasteiger partial charge on any atom is -0.332 e. The van der Waals surface area contributed by atoms with Crippen molar-refractivity contribution >= 4 is 23.2 Å². The average molecular weight is 383 g/mol. The third-order valence-electron chi connectivity index (χ3n) is 4.78. The van der Waals surface area contributed by atoms with Crippen molar-refractivity contribution in [2.45, 2.75) is 18.9 Å². The molecule has 4 heterocycles. The lowest BCUT2D eigenvalue weighted by Gasteiger charge is -2.22. The molecule has 8 heteroatoms. The van der Waals surface area contributed by atoms with E-state index in [4.69, 9.17) is 4.52 Å². The van der Waals surface area contributed by atoms with Crippen LogP contribution in [0.4, 0.5) is 0 Å². The Labute approximate surface area is 162 Å². The van der Waals surface area contributed by atoms with E-state index in [1.807, 2.05) is 47.3 Å². The molecule has 27 heavy (non-hydrogen) atoms. The number of nitrogens with one attached hydrogen (secondary N) is 1. The Morgan fingerprint density at radius 3 is 2.96 bits per heavy atom. The molecular weight excluding hydrogens is 364 g/mol. The van der Waals surface area contributed by atoms with Gasteiger partial charge in [0.1, 0.15) is 5.69 Å². The second-order valence-corrected chi connectivity index (χ2v) is 6.48. The summed E-state index contributed by atoms with van der Waals surface area (Å²) in [6.07, 6.45) is 6.03. The molecule has 5 rings (SSSR count). The standard InChI is InChI=1S/C19H18N6O.ClH/c1-2-6-15-13(4-1)7-10-21-17(15)18-22-19(26-24-18)16-8-11-25(23-16)14-5-3-9-20-12-14;/h1-2,4,6-8,10-11,14,20H,3,5,9,12H2;1H. The maximum atomic E-state index is 5.46. The molecule has 1 aromatic carbocycles. The molecule has 1 atom stereocenters. The SMILES string of the molecule is Cl.c1ccc2c(-c3noc(-c4ccn(C5CCCNC5)n4)n3)nccc2c1. The second kappa shape index (κ2) is 7.46. The van der Waals surface area contributed by atoms with E-state index in [9.17, 15) is 0 Å². The Bertz CT molecular complexity index is 1050. The minimum absolute atomic E-state index is 0. The summed E-state index contributed by atoms with van der Waals surface area (Å²) in [6.45, 7) is 2.02. The maximum absolute atomic E-state index is 5.46. The van der Waals surface area contributed by atoms with Gasteiger partial charge in [-0.25, -0.2) is 0 Å². The smallest absolute Gasteiger partial charge is 0.278 e. The van der Waals surface area contributed by atoms with Gasteiger partial charge in [0.05, 0.1) is 6.04 Å². The van der Waals surface area contributed by atoms with Crippen LogP contribution in [0, 0.1) is 0 Å². The van der Waals surface area contributed by atoms with Gasteiger partial charge in [0.25, 0.3) is 5.89 Å². The van der Waals surface area contributed by atoms with E-state index < -0.39 is 0 Å². The molecule has 0 aliphatic carbocycles. The number of aromatic nitrogens is 5. The van der Waals surface area contributed by atoms with Crippen LogP contribution in [-0.4, -0.2) is 38.0 Å². The first-order chi connectivity index (χ1) is 12.9. The van der Waals surface area contributed by atoms with Gasteiger partial charge < -0.3 is 9.84 Å². The lowest BCUT2D eigenvalue weighted by molar-refractivity contribution is 0.346. The molecule has 1 N–H and O–H groups in total. The number of pyridine rings is 1. The van der Waals surface area contributed by atoms with Crippen molar-refractivity contribution in [3.05, 3.63) is 48.8 Å². The second-order valence-electron chi connectivity index (χ2n) is 6.48. The van der Waals surface area contributed by atoms with Crippen LogP contribution in [0.5, 0.6) is 0 Å². The Balaban J connectivity index is 0.00000180. The summed E-state index contributed by atoms with van der Waals surface area (Å²) >= 11 is 0. The van der Waals surface area contributed by atoms with Gasteiger partial charge in [-0.3, -0.25) is 9.67 Å². The Morgan fingerprint density at radius 2 is 2.07 bits per heavy atom. The summed E-state index contributed by atoms with van der Waals surface area (Å²) in [4.78, 5) is 8.97. The fourth-order valence-corrected chi connectivity index (χ4v) is 3.44. The van der Waals surface area contributed by atoms with Gasteiger partial charge in [0.15, 0.2) is 5.69 Å². The van der Waals surface area contributed by atoms with Crippen LogP contribution in [0.1, 0.15) is 18.9 Å². The third kappa shape index (κ3) is 3.31. The first kappa shape index (κ1) is 17.6. The van der Waals surface area contributed by atoms with Crippen LogP contribution in [0.25, 0.3) is 33.9 Å². The van der Waals surface area contributed by atoms with Gasteiger partial charge in [-0.1, -0.05) is 29.4 Å². The fraction of sp³-hybridized carbons (Fsp3) is 0.263. The molecule has 1 fully saturated rings. The fourth-order valence-electron chi connectivity index (χ4n) is 3.44. The number of hydrogen-bond acceptors (Lipinski definition) is 6. The molecule has 1 saturated heterocycles. The van der Waals surface area contributed by atoms with E-state index >= 15 is 0 Å². The van der Waals surface area contributed by atoms with Crippen LogP contribution >= 0.6 is 12.4 Å². The lowest BCUT2D eigenvalue weighted by atomic mass is 10.1. The summed E-state index contributed by atoms with van der Waals surface area (Å²) in [6, 6.07) is 12.3. The lowest BCUT2D eigenvalue weighted by Crippen LogP contribution is -2.31. The first-order valence-corrected chi connectivity index (χ1v) is 8.82. The number of fused-ring (bicyclic) bond motifs is 1. The minimum atomic E-state index is 0. The van der Waals surface area contributed by atoms with Crippen LogP contribution in [-0.2, 0) is 0 Å². The number of piperidine rings is 1. The van der Waals surface area contributed by atoms with Crippen LogP contribution < -0.4 is 5.32 Å². The number of hydrogen-bond donors (Lipinski definition) is 1. The zero-order chi connectivity index (χ0) is 17.3. The van der Waals surface area contributed by atoms with E-state index in [1.54, 1.807) is 6.20 Å². The van der Waals surface area contributed by atoms with Crippen molar-refractivity contribution in [2.24, 2.45) is 0 Å². The van der Waals surface area contributed by atoms with Crippen LogP contribution in [0.2, 0.25) is 0 Å². The van der Waals surface area contributed by atoms with Crippen LogP contribution in [0.3, 0.4) is 0 Å². The zero-order valence-electron chi connectivity index (χ0n) is 14.6. The molecule has 1 unspecified atom stereocenters. The van der Waals surface area contributed by atoms with Gasteiger partial charge >= 0.3 is 0 Å². The van der Waals surface area contributed by atoms with Crippen molar-refractivity contribution in [1.29, 1.82) is 0 Å². The van der Waals surface area contributed by atoms with Crippen molar-refractivity contribution in [1.82, 2.24) is 30.2 Å². The molecule has 1 aliphatic heterocycles. The maximum Gasteiger partial charge on any atom is 0.278 e. The van der Waals surface area contributed by atoms with E-state index in [-0.39, 0.29) is 12.4 Å². The Kier molecular flexibility index (Phi) is 4.87. The number of nitrogens with zero attached hydrogens (tertiary/aromatic N) is 5. The predicted octanol–water partition coefficient (Wildman–Crippen LogP) is 3.49. The van der Waals surface area contributed by atoms with E-state index in [1.165, 1.54) is 0 Å². The van der Waals surface area contributed by atoms with Crippen LogP contribution in [0.15, 0.2) is 53.3 Å². The summed E-state index contributed by atoms with van der Waals surface area (Å²) < 4.78 is 7.45. The number of benzene rings is 1. The highest BCUT2D eigenvalue weighted by molar-refractivity contribution is 5.92. The highest BCUT2D eigenvalue weighted by atomic mass is 35.5. The highest BCUT2D eigenvalue weighted by Crippen LogP contribution is 2.26. The molecule has 7 nitrogen and oxygen atoms in total. The largest absolute Gasteiger partial charge is 0.332 e. The third-order valence-corrected chi connectivity index (χ3v) is 4.78. The average Bonchev–Trinajstić information content (AvgIpc) is 3.38. The molecule has 0 saturated carbocycles. The van der Waals surface area contributed by atoms with E-state index in [0.29, 0.717) is 29.1 Å². The molecule has 0 amide bonds. The van der Waals surface area contributed by atoms with Crippen molar-refractivity contribution in [2.75, 3.05) is 13.1 Å². The molecule has 0 radical (unpaired) electrons. The summed E-state index contributed by atoms with van der Waals surface area (Å²) in [5.41, 5.74) is 1.41. The predicted molar refractivity (Wildman–Crippen MR) is 105 cm³/mol. The number of rotatable bonds is 3. The molecular formula is C19H19ClN6O. The van der Waals surface area contributed by atoms with Gasteiger partial charge in [0.2, 0.25) is 5.82 Å². The Morgan fingerprint density at radius 1 is 1.15 bits per heavy atom. The quantitative estimate of drug-likeness (QED) is 0.584. The molecule has 138 valence electrons. The van der Waals surface area contributed by atoms with Gasteiger partial charge in [-0.05, 0) is 36.9 Å². The van der Waals surface area contributed by atoms with Crippen molar-refractivity contribution in [3.8, 4) is 23.1 Å². The molecule has 0 spiro atoms. The van der Waals surface area contributed by atoms with Crippen molar-refractivity contribution in [3.63, 3.8) is 0 Å². The van der Waals surface area contributed by atoms with Crippen molar-refractivity contribution < 1.29 is 4.52 Å². The first-order valence-electron chi connectivity index (χ1n) is 8.82. The summed E-state index contributed by atoms with van der Waals surface area (Å²) in [5.74, 6) is 0.892. The van der Waals surface area contributed by atoms with Gasteiger partial charge in [0, 0.05) is 24.3 Å². The normalized spacial score (nSPS) is 17.0. The number of halogens is 1.